The van der Waals surface area contributed by atoms with Crippen LogP contribution in [-0.4, -0.2) is 75.7 Å². The summed E-state index contributed by atoms with van der Waals surface area (Å²) in [6.07, 6.45) is 1.31. The number of fused-ring (bicyclic) bond motifs is 6. The van der Waals surface area contributed by atoms with E-state index in [4.69, 9.17) is 29.9 Å². The molecule has 1 aliphatic rings. The van der Waals surface area contributed by atoms with Gasteiger partial charge in [0.1, 0.15) is 30.6 Å². The number of nitrogens with one attached hydrogen (secondary N) is 2. The minimum Gasteiger partial charge on any atom is -0.449 e. The predicted octanol–water partition coefficient (Wildman–Crippen LogP) is 7.53. The maximum Gasteiger partial charge on any atom is 0.407 e. The van der Waals surface area contributed by atoms with Crippen LogP contribution in [0, 0.1) is 5.92 Å². The Morgan fingerprint density at radius 1 is 0.885 bits per heavy atom. The standard InChI is InChI=1S/C48H60N6O7/c1-7-25-61-48(5,6)29-54-42(28-59-8-2)52-44-39(50-37-22-14-13-21-35(37)45(44)54)26-40(55)38(23-15-16-24-41(49)56)51-46(57)43(30(3)4)53-47(58)60-27-36-33-19-11-9-17-31(33)32-18-10-12-20-34(32)36/h9-14,17-22,30,36,38,43H,7-8,15-16,23-29H2,1-6H3,(H2,49,56)(H,51,57)(H,53,58)/t38-,43-/m0/s1. The van der Waals surface area contributed by atoms with E-state index in [9.17, 15) is 19.2 Å². The summed E-state index contributed by atoms with van der Waals surface area (Å²) >= 11 is 0. The lowest BCUT2D eigenvalue weighted by Gasteiger charge is -2.27. The van der Waals surface area contributed by atoms with Gasteiger partial charge in [-0.2, -0.15) is 0 Å². The van der Waals surface area contributed by atoms with Gasteiger partial charge in [-0.05, 0) is 74.3 Å². The Hall–Kier alpha value is -5.66. The van der Waals surface area contributed by atoms with E-state index in [1.165, 1.54) is 0 Å². The third-order valence-electron chi connectivity index (χ3n) is 11.2. The number of amides is 3. The molecule has 3 aromatic carbocycles. The Kier molecular flexibility index (Phi) is 14.9. The van der Waals surface area contributed by atoms with Crippen molar-refractivity contribution in [2.24, 2.45) is 11.7 Å². The molecule has 0 saturated carbocycles. The molecule has 0 radical (unpaired) electrons. The van der Waals surface area contributed by atoms with Crippen molar-refractivity contribution >= 4 is 45.6 Å². The largest absolute Gasteiger partial charge is 0.449 e. The van der Waals surface area contributed by atoms with E-state index in [0.29, 0.717) is 55.2 Å². The maximum atomic E-state index is 14.5. The van der Waals surface area contributed by atoms with Gasteiger partial charge in [0.15, 0.2) is 5.78 Å². The van der Waals surface area contributed by atoms with Crippen molar-refractivity contribution in [1.82, 2.24) is 25.2 Å². The highest BCUT2D eigenvalue weighted by atomic mass is 16.5. The second kappa shape index (κ2) is 20.3. The van der Waals surface area contributed by atoms with Gasteiger partial charge in [0.25, 0.3) is 0 Å². The van der Waals surface area contributed by atoms with Crippen molar-refractivity contribution in [3.8, 4) is 11.1 Å². The number of imidazole rings is 1. The van der Waals surface area contributed by atoms with Crippen LogP contribution in [0.15, 0.2) is 72.8 Å². The van der Waals surface area contributed by atoms with Crippen molar-refractivity contribution < 1.29 is 33.4 Å². The highest BCUT2D eigenvalue weighted by molar-refractivity contribution is 6.05. The molecule has 0 aliphatic heterocycles. The van der Waals surface area contributed by atoms with Crippen LogP contribution in [0.2, 0.25) is 0 Å². The fourth-order valence-electron chi connectivity index (χ4n) is 8.16. The average molecular weight is 833 g/mol. The number of Topliss-reactive ketones (excluding diaryl/α,β-unsaturated/α-hetero) is 1. The second-order valence-corrected chi connectivity index (χ2v) is 16.7. The SMILES string of the molecule is CCCOC(C)(C)Cn1c(COCC)nc2c(CC(=O)[C@H](CCCCC(N)=O)NC(=O)[C@@H](NC(=O)OCC3c4ccccc4-c4ccccc43)C(C)C)nc3ccccc3c21. The Bertz CT molecular complexity index is 2310. The third-order valence-corrected chi connectivity index (χ3v) is 11.2. The average Bonchev–Trinajstić information content (AvgIpc) is 3.76. The number of hydrogen-bond acceptors (Lipinski definition) is 9. The molecule has 5 aromatic rings. The monoisotopic (exact) mass is 832 g/mol. The van der Waals surface area contributed by atoms with Crippen molar-refractivity contribution in [2.45, 2.75) is 117 Å². The number of primary amides is 1. The molecule has 3 amide bonds. The Morgan fingerprint density at radius 2 is 1.56 bits per heavy atom. The van der Waals surface area contributed by atoms with Gasteiger partial charge in [-0.1, -0.05) is 93.9 Å². The minimum absolute atomic E-state index is 0.0891. The fourth-order valence-corrected chi connectivity index (χ4v) is 8.16. The van der Waals surface area contributed by atoms with Crippen LogP contribution in [0.5, 0.6) is 0 Å². The number of ether oxygens (including phenoxy) is 3. The first-order chi connectivity index (χ1) is 29.3. The molecular formula is C48H60N6O7. The second-order valence-electron chi connectivity index (χ2n) is 16.7. The van der Waals surface area contributed by atoms with Gasteiger partial charge in [0.2, 0.25) is 11.8 Å². The molecule has 4 N–H and O–H groups in total. The summed E-state index contributed by atoms with van der Waals surface area (Å²) < 4.78 is 20.0. The van der Waals surface area contributed by atoms with Crippen molar-refractivity contribution in [3.63, 3.8) is 0 Å². The summed E-state index contributed by atoms with van der Waals surface area (Å²) in [5, 5.41) is 6.60. The zero-order valence-corrected chi connectivity index (χ0v) is 36.3. The first-order valence-electron chi connectivity index (χ1n) is 21.5. The van der Waals surface area contributed by atoms with Crippen molar-refractivity contribution in [1.29, 1.82) is 0 Å². The van der Waals surface area contributed by atoms with Crippen LogP contribution < -0.4 is 16.4 Å². The number of carbonyl (C=O) groups is 4. The molecule has 0 bridgehead atoms. The van der Waals surface area contributed by atoms with Crippen LogP contribution in [0.4, 0.5) is 4.79 Å². The normalized spacial score (nSPS) is 13.6. The van der Waals surface area contributed by atoms with Crippen LogP contribution in [0.25, 0.3) is 33.1 Å². The van der Waals surface area contributed by atoms with Crippen LogP contribution >= 0.6 is 0 Å². The molecule has 13 nitrogen and oxygen atoms in total. The van der Waals surface area contributed by atoms with Crippen LogP contribution in [-0.2, 0) is 48.2 Å². The number of para-hydroxylation sites is 1. The van der Waals surface area contributed by atoms with Crippen LogP contribution in [0.3, 0.4) is 0 Å². The van der Waals surface area contributed by atoms with E-state index in [0.717, 1.165) is 39.6 Å². The topological polar surface area (TPSA) is 177 Å². The molecule has 1 aliphatic carbocycles. The molecule has 6 rings (SSSR count). The number of hydrogen-bond donors (Lipinski definition) is 3. The smallest absolute Gasteiger partial charge is 0.407 e. The molecule has 13 heteroatoms. The van der Waals surface area contributed by atoms with E-state index >= 15 is 0 Å². The van der Waals surface area contributed by atoms with Gasteiger partial charge >= 0.3 is 6.09 Å². The Balaban J connectivity index is 1.24. The van der Waals surface area contributed by atoms with E-state index in [1.807, 2.05) is 95.3 Å². The first kappa shape index (κ1) is 44.9. The first-order valence-corrected chi connectivity index (χ1v) is 21.5. The number of unbranched alkanes of at least 4 members (excludes halogenated alkanes) is 1. The van der Waals surface area contributed by atoms with E-state index < -0.39 is 35.6 Å². The molecule has 0 fully saturated rings. The zero-order valence-electron chi connectivity index (χ0n) is 36.3. The summed E-state index contributed by atoms with van der Waals surface area (Å²) in [4.78, 5) is 63.6. The summed E-state index contributed by atoms with van der Waals surface area (Å²) in [6, 6.07) is 21.9. The van der Waals surface area contributed by atoms with Gasteiger partial charge in [0, 0.05) is 30.9 Å². The maximum absolute atomic E-state index is 14.5. The van der Waals surface area contributed by atoms with Gasteiger partial charge in [-0.25, -0.2) is 14.8 Å². The summed E-state index contributed by atoms with van der Waals surface area (Å²) in [5.41, 5.74) is 11.8. The number of nitrogens with two attached hydrogens (primary N) is 1. The number of carbonyl (C=O) groups excluding carboxylic acids is 4. The van der Waals surface area contributed by atoms with Gasteiger partial charge < -0.3 is 35.1 Å². The number of pyridine rings is 1. The molecule has 2 atom stereocenters. The fraction of sp³-hybridized carbons (Fsp3) is 0.458. The Morgan fingerprint density at radius 3 is 2.21 bits per heavy atom. The van der Waals surface area contributed by atoms with Gasteiger partial charge in [-0.3, -0.25) is 14.4 Å². The number of benzene rings is 3. The highest BCUT2D eigenvalue weighted by Gasteiger charge is 2.33. The van der Waals surface area contributed by atoms with Crippen molar-refractivity contribution in [3.05, 3.63) is 95.4 Å². The molecule has 2 heterocycles. The number of ketones is 1. The van der Waals surface area contributed by atoms with Crippen molar-refractivity contribution in [2.75, 3.05) is 19.8 Å². The summed E-state index contributed by atoms with van der Waals surface area (Å²) in [7, 11) is 0. The number of aromatic nitrogens is 3. The Labute approximate surface area is 358 Å². The molecular weight excluding hydrogens is 773 g/mol. The number of alkyl carbamates (subject to hydrolysis) is 1. The lowest BCUT2D eigenvalue weighted by molar-refractivity contribution is -0.129. The summed E-state index contributed by atoms with van der Waals surface area (Å²) in [6.45, 7) is 13.7. The lowest BCUT2D eigenvalue weighted by Crippen LogP contribution is -2.54. The van der Waals surface area contributed by atoms with E-state index in [2.05, 4.69) is 34.3 Å². The molecule has 0 spiro atoms. The molecule has 0 saturated heterocycles. The minimum atomic E-state index is -1.00. The zero-order chi connectivity index (χ0) is 43.7. The highest BCUT2D eigenvalue weighted by Crippen LogP contribution is 2.44. The molecule has 2 aromatic heterocycles. The third kappa shape index (κ3) is 10.8. The summed E-state index contributed by atoms with van der Waals surface area (Å²) in [5.74, 6) is -1.05. The molecule has 61 heavy (non-hydrogen) atoms. The lowest BCUT2D eigenvalue weighted by atomic mass is 9.97. The van der Waals surface area contributed by atoms with E-state index in [1.54, 1.807) is 0 Å². The number of rotatable bonds is 22. The number of nitrogens with zero attached hydrogens (tertiary/aromatic N) is 3. The molecule has 0 unspecified atom stereocenters. The predicted molar refractivity (Wildman–Crippen MR) is 236 cm³/mol. The van der Waals surface area contributed by atoms with Crippen LogP contribution in [0.1, 0.15) is 102 Å². The molecule has 324 valence electrons. The van der Waals surface area contributed by atoms with Gasteiger partial charge in [-0.15, -0.1) is 0 Å². The van der Waals surface area contributed by atoms with Gasteiger partial charge in [0.05, 0.1) is 41.3 Å². The van der Waals surface area contributed by atoms with E-state index in [-0.39, 0.29) is 50.1 Å². The quantitative estimate of drug-likeness (QED) is 0.0595.